The highest BCUT2D eigenvalue weighted by molar-refractivity contribution is 5.78. The monoisotopic (exact) mass is 472 g/mol. The average Bonchev–Trinajstić information content (AvgIpc) is 2.80. The van der Waals surface area contributed by atoms with Gasteiger partial charge < -0.3 is 0 Å². The van der Waals surface area contributed by atoms with Crippen LogP contribution in [0, 0.1) is 23.2 Å². The first kappa shape index (κ1) is 25.9. The molecule has 0 aliphatic heterocycles. The first-order valence-corrected chi connectivity index (χ1v) is 12.1. The van der Waals surface area contributed by atoms with Crippen molar-refractivity contribution in [3.63, 3.8) is 0 Å². The van der Waals surface area contributed by atoms with Crippen molar-refractivity contribution in [2.45, 2.75) is 84.0 Å². The van der Waals surface area contributed by atoms with Gasteiger partial charge in [0.2, 0.25) is 0 Å². The lowest BCUT2D eigenvalue weighted by atomic mass is 9.69. The number of allylic oxidation sites excluding steroid dienone is 4. The van der Waals surface area contributed by atoms with E-state index in [4.69, 9.17) is 0 Å². The molecule has 1 fully saturated rings. The van der Waals surface area contributed by atoms with Crippen LogP contribution in [-0.4, -0.2) is 12.3 Å². The zero-order valence-corrected chi connectivity index (χ0v) is 19.4. The van der Waals surface area contributed by atoms with Crippen LogP contribution in [0.25, 0.3) is 5.57 Å². The summed E-state index contributed by atoms with van der Waals surface area (Å²) in [5.41, 5.74) is -3.76. The van der Waals surface area contributed by atoms with Crippen LogP contribution in [0.4, 0.5) is 26.3 Å². The van der Waals surface area contributed by atoms with E-state index < -0.39 is 41.4 Å². The Morgan fingerprint density at radius 2 is 1.55 bits per heavy atom. The first-order valence-electron chi connectivity index (χ1n) is 12.1. The third-order valence-electron chi connectivity index (χ3n) is 7.88. The van der Waals surface area contributed by atoms with Gasteiger partial charge >= 0.3 is 6.18 Å². The molecule has 184 valence electrons. The number of benzene rings is 1. The smallest absolute Gasteiger partial charge is 0.238 e. The second kappa shape index (κ2) is 10.7. The molecule has 0 spiro atoms. The molecule has 0 heterocycles. The van der Waals surface area contributed by atoms with E-state index in [1.165, 1.54) is 12.1 Å². The normalized spacial score (nSPS) is 29.7. The number of halogens is 6. The Bertz CT molecular complexity index is 832. The van der Waals surface area contributed by atoms with Crippen molar-refractivity contribution >= 4 is 5.57 Å². The molecule has 2 aliphatic carbocycles. The maximum absolute atomic E-state index is 15.2. The van der Waals surface area contributed by atoms with Crippen LogP contribution < -0.4 is 0 Å². The summed E-state index contributed by atoms with van der Waals surface area (Å²) < 4.78 is 87.5. The third kappa shape index (κ3) is 5.51. The fraction of sp³-hybridized carbons (Fsp3) is 0.630. The van der Waals surface area contributed by atoms with E-state index in [9.17, 15) is 17.6 Å². The minimum Gasteiger partial charge on any atom is -0.238 e. The van der Waals surface area contributed by atoms with E-state index in [1.807, 2.05) is 0 Å². The maximum Gasteiger partial charge on any atom is 0.403 e. The van der Waals surface area contributed by atoms with Crippen LogP contribution >= 0.6 is 0 Å². The van der Waals surface area contributed by atoms with Gasteiger partial charge in [-0.15, -0.1) is 0 Å². The van der Waals surface area contributed by atoms with Crippen LogP contribution in [0.2, 0.25) is 0 Å². The minimum absolute atomic E-state index is 0.0216. The molecule has 1 saturated carbocycles. The van der Waals surface area contributed by atoms with Crippen molar-refractivity contribution in [2.75, 3.05) is 0 Å². The molecule has 1 aromatic carbocycles. The lowest BCUT2D eigenvalue weighted by molar-refractivity contribution is -0.237. The van der Waals surface area contributed by atoms with Gasteiger partial charge in [-0.2, -0.15) is 13.2 Å². The number of alkyl halides is 4. The Morgan fingerprint density at radius 3 is 2.09 bits per heavy atom. The molecule has 0 radical (unpaired) electrons. The van der Waals surface area contributed by atoms with Crippen LogP contribution in [0.1, 0.15) is 77.2 Å². The van der Waals surface area contributed by atoms with Gasteiger partial charge in [-0.3, -0.25) is 0 Å². The molecule has 0 nitrogen and oxygen atoms in total. The van der Waals surface area contributed by atoms with Crippen molar-refractivity contribution < 1.29 is 26.3 Å². The van der Waals surface area contributed by atoms with Crippen LogP contribution in [0.3, 0.4) is 0 Å². The number of rotatable bonds is 8. The van der Waals surface area contributed by atoms with Gasteiger partial charge in [0, 0.05) is 5.57 Å². The van der Waals surface area contributed by atoms with E-state index in [2.05, 4.69) is 13.8 Å². The Balaban J connectivity index is 1.71. The van der Waals surface area contributed by atoms with Gasteiger partial charge in [-0.25, -0.2) is 13.2 Å². The molecule has 1 aromatic rings. The molecule has 3 rings (SSSR count). The topological polar surface area (TPSA) is 0 Å². The largest absolute Gasteiger partial charge is 0.403 e. The predicted molar refractivity (Wildman–Crippen MR) is 120 cm³/mol. The number of hydrogen-bond donors (Lipinski definition) is 0. The number of hydrogen-bond acceptors (Lipinski definition) is 0. The summed E-state index contributed by atoms with van der Waals surface area (Å²) in [7, 11) is 0. The second-order valence-electron chi connectivity index (χ2n) is 9.97. The zero-order chi connectivity index (χ0) is 24.2. The fourth-order valence-electron chi connectivity index (χ4n) is 5.27. The molecule has 6 heteroatoms. The van der Waals surface area contributed by atoms with Gasteiger partial charge in [0.05, 0.1) is 0 Å². The van der Waals surface area contributed by atoms with E-state index in [1.54, 1.807) is 18.2 Å². The highest BCUT2D eigenvalue weighted by Crippen LogP contribution is 2.58. The summed E-state index contributed by atoms with van der Waals surface area (Å²) >= 11 is 0. The Morgan fingerprint density at radius 1 is 0.970 bits per heavy atom. The van der Waals surface area contributed by atoms with Crippen molar-refractivity contribution in [3.8, 4) is 0 Å². The summed E-state index contributed by atoms with van der Waals surface area (Å²) in [6, 6.07) is 7.56. The summed E-state index contributed by atoms with van der Waals surface area (Å²) in [6.45, 7) is 4.38. The minimum atomic E-state index is -5.24. The molecule has 0 aromatic heterocycles. The molecule has 0 amide bonds. The Labute approximate surface area is 193 Å². The van der Waals surface area contributed by atoms with Gasteiger partial charge in [-0.1, -0.05) is 89.1 Å². The van der Waals surface area contributed by atoms with Gasteiger partial charge in [0.15, 0.2) is 11.6 Å². The Kier molecular flexibility index (Phi) is 8.39. The third-order valence-corrected chi connectivity index (χ3v) is 7.88. The molecule has 0 N–H and O–H groups in total. The van der Waals surface area contributed by atoms with E-state index in [0.29, 0.717) is 17.9 Å². The van der Waals surface area contributed by atoms with Gasteiger partial charge in [0.25, 0.3) is 0 Å². The van der Waals surface area contributed by atoms with Gasteiger partial charge in [-0.05, 0) is 42.2 Å². The standard InChI is InChI=1S/C27H34F6/c1-3-18(2)9-10-19-11-13-20(14-12-19)15-16-26(27(31,32)33)23(28)17-22(24(29)25(26)30)21-7-5-4-6-8-21/h4-8,17-20,25H,3,9-16H2,1-2H3. The first-order chi connectivity index (χ1) is 15.6. The van der Waals surface area contributed by atoms with Crippen molar-refractivity contribution in [2.24, 2.45) is 23.2 Å². The highest BCUT2D eigenvalue weighted by Gasteiger charge is 2.65. The SMILES string of the molecule is CCC(C)CCC1CCC(CCC2(C(F)(F)F)C(F)=CC(c3ccccc3)=C(F)C2F)CC1. The molecule has 0 saturated heterocycles. The maximum atomic E-state index is 15.2. The summed E-state index contributed by atoms with van der Waals surface area (Å²) in [6.07, 6.45) is -1.74. The second-order valence-corrected chi connectivity index (χ2v) is 9.97. The summed E-state index contributed by atoms with van der Waals surface area (Å²) in [4.78, 5) is 0. The summed E-state index contributed by atoms with van der Waals surface area (Å²) in [5.74, 6) is -1.97. The Hall–Kier alpha value is -1.72. The lowest BCUT2D eigenvalue weighted by Gasteiger charge is -2.40. The molecular formula is C27H34F6. The van der Waals surface area contributed by atoms with Gasteiger partial charge in [0.1, 0.15) is 11.7 Å². The average molecular weight is 473 g/mol. The van der Waals surface area contributed by atoms with Crippen LogP contribution in [0.15, 0.2) is 48.1 Å². The zero-order valence-electron chi connectivity index (χ0n) is 19.4. The van der Waals surface area contributed by atoms with Crippen LogP contribution in [0.5, 0.6) is 0 Å². The quantitative estimate of drug-likeness (QED) is 0.331. The molecule has 33 heavy (non-hydrogen) atoms. The van der Waals surface area contributed by atoms with E-state index in [-0.39, 0.29) is 17.9 Å². The molecule has 3 unspecified atom stereocenters. The lowest BCUT2D eigenvalue weighted by Crippen LogP contribution is -2.48. The highest BCUT2D eigenvalue weighted by atomic mass is 19.4. The molecule has 3 atom stereocenters. The van der Waals surface area contributed by atoms with Crippen molar-refractivity contribution in [3.05, 3.63) is 53.6 Å². The van der Waals surface area contributed by atoms with Crippen molar-refractivity contribution in [1.29, 1.82) is 0 Å². The fourth-order valence-corrected chi connectivity index (χ4v) is 5.27. The van der Waals surface area contributed by atoms with Crippen LogP contribution in [-0.2, 0) is 0 Å². The van der Waals surface area contributed by atoms with Crippen molar-refractivity contribution in [1.82, 2.24) is 0 Å². The summed E-state index contributed by atoms with van der Waals surface area (Å²) in [5, 5.41) is 0. The van der Waals surface area contributed by atoms with E-state index in [0.717, 1.165) is 44.9 Å². The molecule has 0 bridgehead atoms. The molecule has 2 aliphatic rings. The van der Waals surface area contributed by atoms with E-state index >= 15 is 8.78 Å². The molecular weight excluding hydrogens is 438 g/mol. The predicted octanol–water partition coefficient (Wildman–Crippen LogP) is 9.53.